The van der Waals surface area contributed by atoms with E-state index in [9.17, 15) is 5.11 Å². The van der Waals surface area contributed by atoms with E-state index in [-0.39, 0.29) is 0 Å². The van der Waals surface area contributed by atoms with Crippen molar-refractivity contribution in [3.05, 3.63) is 35.9 Å². The normalized spacial score (nSPS) is 11.7. The Hall–Kier alpha value is -0.900. The first-order valence-electron chi connectivity index (χ1n) is 6.78. The Bertz CT molecular complexity index is 301. The van der Waals surface area contributed by atoms with Gasteiger partial charge in [-0.3, -0.25) is 0 Å². The van der Waals surface area contributed by atoms with Crippen LogP contribution in [0.2, 0.25) is 0 Å². The lowest BCUT2D eigenvalue weighted by Crippen LogP contribution is -2.33. The fourth-order valence-corrected chi connectivity index (χ4v) is 1.57. The SMILES string of the molecule is CCCCOC(O)(OCCCC)c1ccccc1. The Morgan fingerprint density at radius 1 is 0.944 bits per heavy atom. The van der Waals surface area contributed by atoms with Gasteiger partial charge in [0.05, 0.1) is 13.2 Å². The molecule has 3 heteroatoms. The molecule has 0 aliphatic rings. The highest BCUT2D eigenvalue weighted by Crippen LogP contribution is 2.24. The third-order valence-electron chi connectivity index (χ3n) is 2.73. The van der Waals surface area contributed by atoms with Gasteiger partial charge in [0.2, 0.25) is 0 Å². The lowest BCUT2D eigenvalue weighted by molar-refractivity contribution is -0.373. The van der Waals surface area contributed by atoms with Crippen LogP contribution in [0, 0.1) is 0 Å². The van der Waals surface area contributed by atoms with E-state index in [2.05, 4.69) is 13.8 Å². The number of ether oxygens (including phenoxy) is 2. The second-order valence-corrected chi connectivity index (χ2v) is 4.35. The summed E-state index contributed by atoms with van der Waals surface area (Å²) >= 11 is 0. The largest absolute Gasteiger partial charge is 0.339 e. The first-order valence-corrected chi connectivity index (χ1v) is 6.78. The maximum absolute atomic E-state index is 10.5. The molecule has 0 fully saturated rings. The van der Waals surface area contributed by atoms with Gasteiger partial charge in [0.25, 0.3) is 0 Å². The summed E-state index contributed by atoms with van der Waals surface area (Å²) in [4.78, 5) is 0. The Morgan fingerprint density at radius 3 is 1.89 bits per heavy atom. The average molecular weight is 252 g/mol. The Labute approximate surface area is 110 Å². The van der Waals surface area contributed by atoms with Crippen molar-refractivity contribution >= 4 is 0 Å². The monoisotopic (exact) mass is 252 g/mol. The van der Waals surface area contributed by atoms with E-state index in [0.29, 0.717) is 18.8 Å². The molecule has 0 aliphatic carbocycles. The lowest BCUT2D eigenvalue weighted by atomic mass is 10.2. The highest BCUT2D eigenvalue weighted by molar-refractivity contribution is 5.17. The zero-order valence-corrected chi connectivity index (χ0v) is 11.4. The van der Waals surface area contributed by atoms with Crippen LogP contribution in [0.3, 0.4) is 0 Å². The predicted molar refractivity (Wildman–Crippen MR) is 72.1 cm³/mol. The van der Waals surface area contributed by atoms with Crippen molar-refractivity contribution < 1.29 is 14.6 Å². The van der Waals surface area contributed by atoms with Crippen molar-refractivity contribution in [2.45, 2.75) is 45.5 Å². The summed E-state index contributed by atoms with van der Waals surface area (Å²) in [6, 6.07) is 9.27. The minimum atomic E-state index is -1.61. The minimum absolute atomic E-state index is 0.494. The molecule has 1 N–H and O–H groups in total. The molecule has 0 unspecified atom stereocenters. The van der Waals surface area contributed by atoms with Crippen molar-refractivity contribution in [1.82, 2.24) is 0 Å². The molecule has 0 heterocycles. The van der Waals surface area contributed by atoms with Crippen LogP contribution in [0.1, 0.15) is 45.1 Å². The zero-order chi connectivity index (χ0) is 13.3. The molecular formula is C15H24O3. The highest BCUT2D eigenvalue weighted by Gasteiger charge is 2.31. The Kier molecular flexibility index (Phi) is 6.94. The molecule has 3 nitrogen and oxygen atoms in total. The average Bonchev–Trinajstić information content (AvgIpc) is 2.40. The van der Waals surface area contributed by atoms with Gasteiger partial charge in [-0.2, -0.15) is 0 Å². The maximum atomic E-state index is 10.5. The van der Waals surface area contributed by atoms with Crippen molar-refractivity contribution in [1.29, 1.82) is 0 Å². The summed E-state index contributed by atoms with van der Waals surface area (Å²) < 4.78 is 11.1. The van der Waals surface area contributed by atoms with Crippen molar-refractivity contribution in [2.24, 2.45) is 0 Å². The lowest BCUT2D eigenvalue weighted by Gasteiger charge is -2.28. The number of unbranched alkanes of at least 4 members (excludes halogenated alkanes) is 2. The van der Waals surface area contributed by atoms with Crippen LogP contribution in [-0.4, -0.2) is 18.3 Å². The standard InChI is InChI=1S/C15H24O3/c1-3-5-12-17-15(16,18-13-6-4-2)14-10-8-7-9-11-14/h7-11,16H,3-6,12-13H2,1-2H3. The first-order chi connectivity index (χ1) is 8.73. The molecule has 1 rings (SSSR count). The number of hydrogen-bond acceptors (Lipinski definition) is 3. The molecule has 0 spiro atoms. The van der Waals surface area contributed by atoms with Crippen LogP contribution < -0.4 is 0 Å². The van der Waals surface area contributed by atoms with Gasteiger partial charge in [-0.05, 0) is 12.8 Å². The molecule has 0 aromatic heterocycles. The van der Waals surface area contributed by atoms with E-state index in [1.165, 1.54) is 0 Å². The third kappa shape index (κ3) is 4.77. The molecule has 0 saturated carbocycles. The third-order valence-corrected chi connectivity index (χ3v) is 2.73. The van der Waals surface area contributed by atoms with Crippen molar-refractivity contribution in [2.75, 3.05) is 13.2 Å². The van der Waals surface area contributed by atoms with Crippen LogP contribution >= 0.6 is 0 Å². The molecule has 0 saturated heterocycles. The van der Waals surface area contributed by atoms with Crippen LogP contribution in [0.25, 0.3) is 0 Å². The molecule has 0 aliphatic heterocycles. The second-order valence-electron chi connectivity index (χ2n) is 4.35. The van der Waals surface area contributed by atoms with Gasteiger partial charge < -0.3 is 14.6 Å². The summed E-state index contributed by atoms with van der Waals surface area (Å²) in [5.41, 5.74) is 0.650. The zero-order valence-electron chi connectivity index (χ0n) is 11.4. The Balaban J connectivity index is 2.67. The molecule has 102 valence electrons. The Morgan fingerprint density at radius 2 is 1.44 bits per heavy atom. The number of aliphatic hydroxyl groups is 1. The molecule has 0 bridgehead atoms. The van der Waals surface area contributed by atoms with Gasteiger partial charge in [0, 0.05) is 5.56 Å². The maximum Gasteiger partial charge on any atom is 0.309 e. The minimum Gasteiger partial charge on any atom is -0.339 e. The van der Waals surface area contributed by atoms with E-state index in [0.717, 1.165) is 25.7 Å². The van der Waals surface area contributed by atoms with Gasteiger partial charge >= 0.3 is 5.97 Å². The molecule has 1 aromatic rings. The first kappa shape index (κ1) is 15.2. The summed E-state index contributed by atoms with van der Waals surface area (Å²) in [6.07, 6.45) is 3.87. The van der Waals surface area contributed by atoms with E-state index in [4.69, 9.17) is 9.47 Å². The van der Waals surface area contributed by atoms with Crippen LogP contribution in [-0.2, 0) is 15.4 Å². The number of hydrogen-bond donors (Lipinski definition) is 1. The van der Waals surface area contributed by atoms with Gasteiger partial charge in [0.15, 0.2) is 0 Å². The van der Waals surface area contributed by atoms with E-state index >= 15 is 0 Å². The van der Waals surface area contributed by atoms with Crippen molar-refractivity contribution in [3.8, 4) is 0 Å². The fraction of sp³-hybridized carbons (Fsp3) is 0.600. The summed E-state index contributed by atoms with van der Waals surface area (Å²) in [5.74, 6) is -1.61. The number of rotatable bonds is 9. The molecular weight excluding hydrogens is 228 g/mol. The molecule has 0 amide bonds. The van der Waals surface area contributed by atoms with Gasteiger partial charge in [-0.25, -0.2) is 0 Å². The molecule has 0 atom stereocenters. The highest BCUT2D eigenvalue weighted by atomic mass is 16.8. The summed E-state index contributed by atoms with van der Waals surface area (Å²) in [5, 5.41) is 10.5. The van der Waals surface area contributed by atoms with E-state index in [1.54, 1.807) is 0 Å². The van der Waals surface area contributed by atoms with Crippen LogP contribution in [0.5, 0.6) is 0 Å². The smallest absolute Gasteiger partial charge is 0.309 e. The fourth-order valence-electron chi connectivity index (χ4n) is 1.57. The molecule has 1 aromatic carbocycles. The number of benzene rings is 1. The van der Waals surface area contributed by atoms with Gasteiger partial charge in [-0.1, -0.05) is 57.0 Å². The topological polar surface area (TPSA) is 38.7 Å². The van der Waals surface area contributed by atoms with E-state index < -0.39 is 5.97 Å². The van der Waals surface area contributed by atoms with Crippen molar-refractivity contribution in [3.63, 3.8) is 0 Å². The van der Waals surface area contributed by atoms with E-state index in [1.807, 2.05) is 30.3 Å². The van der Waals surface area contributed by atoms with Crippen LogP contribution in [0.15, 0.2) is 30.3 Å². The molecule has 18 heavy (non-hydrogen) atoms. The quantitative estimate of drug-likeness (QED) is 0.540. The van der Waals surface area contributed by atoms with Gasteiger partial charge in [0.1, 0.15) is 0 Å². The molecule has 0 radical (unpaired) electrons. The van der Waals surface area contributed by atoms with Gasteiger partial charge in [-0.15, -0.1) is 0 Å². The van der Waals surface area contributed by atoms with Crippen LogP contribution in [0.4, 0.5) is 0 Å². The summed E-state index contributed by atoms with van der Waals surface area (Å²) in [7, 11) is 0. The second kappa shape index (κ2) is 8.25. The summed E-state index contributed by atoms with van der Waals surface area (Å²) in [6.45, 7) is 5.16. The predicted octanol–water partition coefficient (Wildman–Crippen LogP) is 3.42.